The van der Waals surface area contributed by atoms with Crippen LogP contribution in [0.4, 0.5) is 17.1 Å². The van der Waals surface area contributed by atoms with E-state index in [1.54, 1.807) is 0 Å². The summed E-state index contributed by atoms with van der Waals surface area (Å²) in [6.45, 7) is -0.207. The molecule has 10 aromatic rings. The van der Waals surface area contributed by atoms with Crippen LogP contribution in [0.5, 0.6) is 0 Å². The highest BCUT2D eigenvalue weighted by molar-refractivity contribution is 7.02. The molecule has 0 aliphatic carbocycles. The Morgan fingerprint density at radius 2 is 0.786 bits per heavy atom. The molecule has 5 heterocycles. The first-order chi connectivity index (χ1) is 27.7. The molecule has 5 nitrogen and oxygen atoms in total. The van der Waals surface area contributed by atoms with Gasteiger partial charge in [0.2, 0.25) is 0 Å². The summed E-state index contributed by atoms with van der Waals surface area (Å²) >= 11 is 0. The highest BCUT2D eigenvalue weighted by Crippen LogP contribution is 2.44. The Morgan fingerprint density at radius 1 is 0.339 bits per heavy atom. The molecule has 0 N–H and O–H groups in total. The van der Waals surface area contributed by atoms with Gasteiger partial charge in [-0.15, -0.1) is 0 Å². The van der Waals surface area contributed by atoms with Crippen LogP contribution in [0.15, 0.2) is 179 Å². The normalized spacial score (nSPS) is 13.1. The lowest BCUT2D eigenvalue weighted by molar-refractivity contribution is 1.04. The van der Waals surface area contributed by atoms with E-state index in [0.717, 1.165) is 99.7 Å². The standard InChI is InChI=1S/C50H28BN3O2/c55-49-34-24-22-31(29-12-4-1-5-13-29)26-36(34)38-28-39-37-27-32(30-14-6-2-7-15-30)23-25-35(37)50(56)54-43-21-11-19-41-45(43)51-44-40(52(41)33-16-8-3-9-17-33)18-10-20-42(44)53(49)47(38)46(51)48(39)54/h1-28H. The Bertz CT molecular complexity index is 3310. The Kier molecular flexibility index (Phi) is 5.68. The summed E-state index contributed by atoms with van der Waals surface area (Å²) in [6.07, 6.45) is 0. The molecular formula is C50H28BN3O2. The molecule has 0 saturated carbocycles. The molecule has 6 heteroatoms. The second-order valence-corrected chi connectivity index (χ2v) is 15.1. The van der Waals surface area contributed by atoms with E-state index in [0.29, 0.717) is 10.8 Å². The van der Waals surface area contributed by atoms with Crippen LogP contribution < -0.4 is 32.4 Å². The minimum atomic E-state index is -0.207. The monoisotopic (exact) mass is 713 g/mol. The summed E-state index contributed by atoms with van der Waals surface area (Å²) in [5, 5.41) is 5.14. The predicted octanol–water partition coefficient (Wildman–Crippen LogP) is 8.86. The maximum absolute atomic E-state index is 15.2. The van der Waals surface area contributed by atoms with Gasteiger partial charge in [0.15, 0.2) is 0 Å². The lowest BCUT2D eigenvalue weighted by atomic mass is 9.32. The van der Waals surface area contributed by atoms with Crippen LogP contribution in [0.2, 0.25) is 0 Å². The number of pyridine rings is 2. The van der Waals surface area contributed by atoms with Crippen LogP contribution in [0.1, 0.15) is 0 Å². The largest absolute Gasteiger partial charge is 0.311 e. The molecule has 2 aromatic heterocycles. The fourth-order valence-corrected chi connectivity index (χ4v) is 10.2. The first-order valence-corrected chi connectivity index (χ1v) is 19.1. The van der Waals surface area contributed by atoms with E-state index in [1.165, 1.54) is 0 Å². The summed E-state index contributed by atoms with van der Waals surface area (Å²) < 4.78 is 3.90. The zero-order valence-corrected chi connectivity index (χ0v) is 29.9. The maximum atomic E-state index is 15.2. The number of para-hydroxylation sites is 1. The van der Waals surface area contributed by atoms with E-state index in [9.17, 15) is 0 Å². The lowest BCUT2D eigenvalue weighted by Gasteiger charge is -2.43. The average Bonchev–Trinajstić information content (AvgIpc) is 3.26. The van der Waals surface area contributed by atoms with Crippen molar-refractivity contribution in [3.63, 3.8) is 0 Å². The third-order valence-corrected chi connectivity index (χ3v) is 12.4. The van der Waals surface area contributed by atoms with Gasteiger partial charge in [0.1, 0.15) is 0 Å². The molecule has 0 spiro atoms. The third-order valence-electron chi connectivity index (χ3n) is 12.4. The van der Waals surface area contributed by atoms with Gasteiger partial charge in [-0.3, -0.25) is 18.7 Å². The second-order valence-electron chi connectivity index (χ2n) is 15.1. The molecule has 0 saturated heterocycles. The van der Waals surface area contributed by atoms with Gasteiger partial charge in [0.25, 0.3) is 17.8 Å². The fraction of sp³-hybridized carbons (Fsp3) is 0. The molecule has 0 bridgehead atoms. The highest BCUT2D eigenvalue weighted by Gasteiger charge is 2.47. The molecule has 3 aliphatic rings. The van der Waals surface area contributed by atoms with E-state index in [-0.39, 0.29) is 17.8 Å². The molecule has 0 atom stereocenters. The zero-order chi connectivity index (χ0) is 36.8. The van der Waals surface area contributed by atoms with Crippen LogP contribution >= 0.6 is 0 Å². The number of hydrogen-bond donors (Lipinski definition) is 0. The molecule has 3 aliphatic heterocycles. The van der Waals surface area contributed by atoms with Crippen molar-refractivity contribution >= 4 is 83.5 Å². The Morgan fingerprint density at radius 3 is 1.27 bits per heavy atom. The summed E-state index contributed by atoms with van der Waals surface area (Å²) in [7, 11) is 0. The molecular weight excluding hydrogens is 685 g/mol. The highest BCUT2D eigenvalue weighted by atomic mass is 16.1. The van der Waals surface area contributed by atoms with Crippen molar-refractivity contribution in [3.8, 4) is 33.6 Å². The maximum Gasteiger partial charge on any atom is 0.263 e. The number of fused-ring (bicyclic) bond motifs is 6. The predicted molar refractivity (Wildman–Crippen MR) is 231 cm³/mol. The van der Waals surface area contributed by atoms with Crippen molar-refractivity contribution in [2.24, 2.45) is 0 Å². The Hall–Kier alpha value is -7.44. The quantitative estimate of drug-likeness (QED) is 0.105. The summed E-state index contributed by atoms with van der Waals surface area (Å²) in [6, 6.07) is 58.5. The van der Waals surface area contributed by atoms with Gasteiger partial charge in [0, 0.05) is 50.0 Å². The van der Waals surface area contributed by atoms with Crippen molar-refractivity contribution in [2.75, 3.05) is 4.90 Å². The first-order valence-electron chi connectivity index (χ1n) is 19.1. The van der Waals surface area contributed by atoms with E-state index in [1.807, 2.05) is 63.7 Å². The van der Waals surface area contributed by atoms with Gasteiger partial charge in [-0.2, -0.15) is 0 Å². The Labute approximate surface area is 320 Å². The van der Waals surface area contributed by atoms with E-state index in [4.69, 9.17) is 0 Å². The number of nitrogens with zero attached hydrogens (tertiary/aromatic N) is 3. The number of aromatic nitrogens is 2. The van der Waals surface area contributed by atoms with Crippen LogP contribution in [-0.4, -0.2) is 15.8 Å². The van der Waals surface area contributed by atoms with Gasteiger partial charge in [0.05, 0.1) is 11.0 Å². The number of benzene rings is 8. The zero-order valence-electron chi connectivity index (χ0n) is 29.9. The number of anilines is 3. The van der Waals surface area contributed by atoms with E-state index < -0.39 is 0 Å². The minimum Gasteiger partial charge on any atom is -0.311 e. The molecule has 0 fully saturated rings. The van der Waals surface area contributed by atoms with Crippen LogP contribution in [0, 0.1) is 0 Å². The second kappa shape index (κ2) is 10.6. The van der Waals surface area contributed by atoms with Crippen LogP contribution in [0.25, 0.3) is 77.0 Å². The smallest absolute Gasteiger partial charge is 0.263 e. The summed E-state index contributed by atoms with van der Waals surface area (Å²) in [4.78, 5) is 32.7. The molecule has 13 rings (SSSR count). The van der Waals surface area contributed by atoms with Gasteiger partial charge in [-0.05, 0) is 116 Å². The SMILES string of the molecule is O=c1c2ccc(-c3ccccc3)cc2c2cc3c4cc(-c5ccccc5)ccc4c(=O)n4c3c3c2n1-c1cccc2c1B3c1c(cccc1-4)N2c1ccccc1. The molecule has 258 valence electrons. The van der Waals surface area contributed by atoms with Gasteiger partial charge in [-0.1, -0.05) is 103 Å². The third kappa shape index (κ3) is 3.66. The number of rotatable bonds is 3. The van der Waals surface area contributed by atoms with Crippen LogP contribution in [-0.2, 0) is 0 Å². The molecule has 0 unspecified atom stereocenters. The summed E-state index contributed by atoms with van der Waals surface area (Å²) in [5.41, 5.74) is 13.9. The molecule has 0 radical (unpaired) electrons. The van der Waals surface area contributed by atoms with E-state index >= 15 is 9.59 Å². The van der Waals surface area contributed by atoms with E-state index in [2.05, 4.69) is 120 Å². The number of hydrogen-bond acceptors (Lipinski definition) is 3. The van der Waals surface area contributed by atoms with Crippen molar-refractivity contribution in [3.05, 3.63) is 191 Å². The van der Waals surface area contributed by atoms with Gasteiger partial charge in [-0.25, -0.2) is 0 Å². The van der Waals surface area contributed by atoms with Crippen LogP contribution in [0.3, 0.4) is 0 Å². The molecule has 8 aromatic carbocycles. The first kappa shape index (κ1) is 30.0. The average molecular weight is 714 g/mol. The minimum absolute atomic E-state index is 0.0634. The molecule has 56 heavy (non-hydrogen) atoms. The van der Waals surface area contributed by atoms with Crippen molar-refractivity contribution in [1.29, 1.82) is 0 Å². The van der Waals surface area contributed by atoms with Crippen molar-refractivity contribution in [1.82, 2.24) is 9.13 Å². The topological polar surface area (TPSA) is 47.2 Å². The lowest BCUT2D eigenvalue weighted by Crippen LogP contribution is -2.64. The summed E-state index contributed by atoms with van der Waals surface area (Å²) in [5.74, 6) is 0. The van der Waals surface area contributed by atoms with Gasteiger partial charge < -0.3 is 4.90 Å². The van der Waals surface area contributed by atoms with Crippen molar-refractivity contribution < 1.29 is 0 Å². The van der Waals surface area contributed by atoms with Crippen molar-refractivity contribution in [2.45, 2.75) is 0 Å². The fourth-order valence-electron chi connectivity index (χ4n) is 10.2. The Balaban J connectivity index is 1.29. The van der Waals surface area contributed by atoms with Gasteiger partial charge >= 0.3 is 0 Å². The molecule has 0 amide bonds.